The normalized spacial score (nSPS) is 26.8. The number of methoxy groups -OCH3 is 2. The zero-order chi connectivity index (χ0) is 42.7. The number of aromatic hydroxyl groups is 2. The van der Waals surface area contributed by atoms with E-state index in [-0.39, 0.29) is 23.0 Å². The largest absolute Gasteiger partial charge is 0.504 e. The van der Waals surface area contributed by atoms with Crippen LogP contribution < -0.4 is 9.47 Å². The van der Waals surface area contributed by atoms with Gasteiger partial charge in [0.1, 0.15) is 50.3 Å². The van der Waals surface area contributed by atoms with E-state index in [4.69, 9.17) is 47.4 Å². The van der Waals surface area contributed by atoms with Crippen LogP contribution in [0.4, 0.5) is 0 Å². The molecule has 0 aliphatic carbocycles. The first-order valence-corrected chi connectivity index (χ1v) is 17.4. The number of aliphatic hydroxyl groups is 3. The van der Waals surface area contributed by atoms with Crippen LogP contribution in [0.1, 0.15) is 31.9 Å². The van der Waals surface area contributed by atoms with Crippen molar-refractivity contribution in [2.45, 2.75) is 75.6 Å². The smallest absolute Gasteiger partial charge is 0.331 e. The Balaban J connectivity index is 1.69. The lowest BCUT2D eigenvalue weighted by molar-refractivity contribution is -0.384. The molecular weight excluding hydrogens is 776 g/mol. The molecule has 2 aromatic rings. The number of hydrogen-bond donors (Lipinski definition) is 5. The molecule has 2 aliphatic heterocycles. The van der Waals surface area contributed by atoms with Crippen LogP contribution in [0.5, 0.6) is 23.0 Å². The fourth-order valence-electron chi connectivity index (χ4n) is 5.74. The predicted octanol–water partition coefficient (Wildman–Crippen LogP) is 0.274. The van der Waals surface area contributed by atoms with Crippen LogP contribution in [-0.4, -0.2) is 144 Å². The summed E-state index contributed by atoms with van der Waals surface area (Å²) in [6.07, 6.45) is -10.1. The molecule has 9 atom stereocenters. The van der Waals surface area contributed by atoms with Gasteiger partial charge in [0.05, 0.1) is 14.2 Å². The third-order valence-corrected chi connectivity index (χ3v) is 8.53. The zero-order valence-corrected chi connectivity index (χ0v) is 31.9. The Morgan fingerprint density at radius 1 is 0.690 bits per heavy atom. The van der Waals surface area contributed by atoms with Crippen molar-refractivity contribution in [3.8, 4) is 23.0 Å². The highest BCUT2D eigenvalue weighted by molar-refractivity contribution is 5.88. The average molecular weight is 821 g/mol. The highest BCUT2D eigenvalue weighted by Crippen LogP contribution is 2.40. The van der Waals surface area contributed by atoms with Crippen LogP contribution in [0.3, 0.4) is 0 Å². The van der Waals surface area contributed by atoms with Crippen molar-refractivity contribution in [1.29, 1.82) is 0 Å². The number of esters is 5. The first-order chi connectivity index (χ1) is 27.5. The van der Waals surface area contributed by atoms with Gasteiger partial charge in [-0.2, -0.15) is 0 Å². The summed E-state index contributed by atoms with van der Waals surface area (Å²) in [5.41, 5.74) is 0.810. The fraction of sp³-hybridized carbons (Fsp3) is 0.447. The molecule has 2 fully saturated rings. The number of hydrogen-bond acceptors (Lipinski definition) is 20. The minimum Gasteiger partial charge on any atom is -0.504 e. The van der Waals surface area contributed by atoms with Crippen molar-refractivity contribution >= 4 is 42.0 Å². The lowest BCUT2D eigenvalue weighted by Gasteiger charge is -2.44. The second kappa shape index (κ2) is 20.1. The molecule has 20 heteroatoms. The molecule has 2 saturated heterocycles. The van der Waals surface area contributed by atoms with Crippen LogP contribution in [0.2, 0.25) is 0 Å². The van der Waals surface area contributed by atoms with Crippen molar-refractivity contribution in [2.24, 2.45) is 0 Å². The van der Waals surface area contributed by atoms with E-state index in [1.54, 1.807) is 0 Å². The molecule has 2 aromatic carbocycles. The van der Waals surface area contributed by atoms with Gasteiger partial charge in [0.15, 0.2) is 35.2 Å². The number of carbonyl (C=O) groups is 5. The number of aliphatic hydroxyl groups excluding tert-OH is 3. The second-order valence-corrected chi connectivity index (χ2v) is 12.8. The Morgan fingerprint density at radius 3 is 1.78 bits per heavy atom. The maximum Gasteiger partial charge on any atom is 0.331 e. The molecule has 0 amide bonds. The van der Waals surface area contributed by atoms with Gasteiger partial charge in [-0.25, -0.2) is 9.59 Å². The van der Waals surface area contributed by atoms with Gasteiger partial charge in [-0.1, -0.05) is 12.1 Å². The molecule has 0 aromatic heterocycles. The summed E-state index contributed by atoms with van der Waals surface area (Å²) in [7, 11) is 2.66. The standard InChI is InChI=1S/C38H44O20/c1-19(39)51-16-28-32(46)34(48)35(54-21(3)41)37(55-28)58-38(18-53-20(2)40)36(56-31(45)13-9-23-7-11-25(43)27(15-23)50-5)33(47)29(57-38)17-52-30(44)12-8-22-6-10-24(42)26(14-22)49-4/h6-15,28-29,32-37,42-43,46-48H,16-18H2,1-5H3/b12-8+,13-9+/t28?,29-,32-,33?,34?,35?,36?,37+,38+/m1/s1. The van der Waals surface area contributed by atoms with Gasteiger partial charge in [-0.15, -0.1) is 0 Å². The van der Waals surface area contributed by atoms with Gasteiger partial charge in [-0.05, 0) is 47.5 Å². The van der Waals surface area contributed by atoms with Gasteiger partial charge in [0, 0.05) is 32.9 Å². The Hall–Kier alpha value is -5.77. The van der Waals surface area contributed by atoms with Gasteiger partial charge < -0.3 is 72.9 Å². The molecule has 0 spiro atoms. The number of benzene rings is 2. The van der Waals surface area contributed by atoms with Crippen LogP contribution in [0.25, 0.3) is 12.2 Å². The van der Waals surface area contributed by atoms with Crippen LogP contribution >= 0.6 is 0 Å². The minimum atomic E-state index is -2.59. The Labute approximate surface area is 331 Å². The molecule has 0 saturated carbocycles. The van der Waals surface area contributed by atoms with Crippen LogP contribution in [0.15, 0.2) is 48.6 Å². The summed E-state index contributed by atoms with van der Waals surface area (Å²) in [4.78, 5) is 62.0. The maximum atomic E-state index is 13.4. The lowest BCUT2D eigenvalue weighted by atomic mass is 9.98. The van der Waals surface area contributed by atoms with Gasteiger partial charge in [0.25, 0.3) is 0 Å². The van der Waals surface area contributed by atoms with Gasteiger partial charge >= 0.3 is 29.8 Å². The fourth-order valence-corrected chi connectivity index (χ4v) is 5.74. The Morgan fingerprint density at radius 2 is 1.24 bits per heavy atom. The van der Waals surface area contributed by atoms with E-state index in [9.17, 15) is 49.5 Å². The Kier molecular flexibility index (Phi) is 15.6. The van der Waals surface area contributed by atoms with Crippen molar-refractivity contribution in [3.63, 3.8) is 0 Å². The highest BCUT2D eigenvalue weighted by Gasteiger charge is 2.62. The molecule has 0 bridgehead atoms. The van der Waals surface area contributed by atoms with E-state index in [0.717, 1.165) is 32.9 Å². The van der Waals surface area contributed by atoms with Gasteiger partial charge in [-0.3, -0.25) is 14.4 Å². The zero-order valence-electron chi connectivity index (χ0n) is 31.9. The van der Waals surface area contributed by atoms with Crippen molar-refractivity contribution in [3.05, 3.63) is 59.7 Å². The summed E-state index contributed by atoms with van der Waals surface area (Å²) in [6.45, 7) is 0.724. The summed E-state index contributed by atoms with van der Waals surface area (Å²) in [6, 6.07) is 8.43. The number of carbonyl (C=O) groups excluding carboxylic acids is 5. The van der Waals surface area contributed by atoms with Crippen LogP contribution in [0, 0.1) is 0 Å². The van der Waals surface area contributed by atoms with Crippen molar-refractivity contribution in [2.75, 3.05) is 34.0 Å². The van der Waals surface area contributed by atoms with Crippen LogP contribution in [-0.2, 0) is 61.9 Å². The molecule has 2 aliphatic rings. The topological polar surface area (TPSA) is 279 Å². The lowest BCUT2D eigenvalue weighted by Crippen LogP contribution is -2.64. The SMILES string of the molecule is COc1cc(/C=C/C(=O)OC[C@H]2O[C@@](COC(C)=O)(O[C@@H]3OC(COC(C)=O)[C@@H](O)C(O)C3OC(C)=O)C(OC(=O)/C=C/c3ccc(O)c(OC)c3)C2O)ccc1O. The molecule has 0 radical (unpaired) electrons. The molecule has 58 heavy (non-hydrogen) atoms. The summed E-state index contributed by atoms with van der Waals surface area (Å²) < 4.78 is 54.4. The maximum absolute atomic E-state index is 13.4. The molecule has 5 N–H and O–H groups in total. The van der Waals surface area contributed by atoms with E-state index in [1.807, 2.05) is 0 Å². The molecule has 2 heterocycles. The summed E-state index contributed by atoms with van der Waals surface area (Å²) >= 11 is 0. The number of rotatable bonds is 16. The van der Waals surface area contributed by atoms with E-state index >= 15 is 0 Å². The van der Waals surface area contributed by atoms with E-state index < -0.39 is 104 Å². The summed E-state index contributed by atoms with van der Waals surface area (Å²) in [5, 5.41) is 53.2. The van der Waals surface area contributed by atoms with E-state index in [2.05, 4.69) is 0 Å². The quantitative estimate of drug-likeness (QED) is 0.0863. The highest BCUT2D eigenvalue weighted by atomic mass is 16.8. The minimum absolute atomic E-state index is 0.0908. The van der Waals surface area contributed by atoms with Crippen molar-refractivity contribution < 1.29 is 96.9 Å². The van der Waals surface area contributed by atoms with Crippen molar-refractivity contribution in [1.82, 2.24) is 0 Å². The second-order valence-electron chi connectivity index (χ2n) is 12.8. The van der Waals surface area contributed by atoms with Gasteiger partial charge in [0.2, 0.25) is 12.1 Å². The van der Waals surface area contributed by atoms with E-state index in [1.165, 1.54) is 62.8 Å². The first-order valence-electron chi connectivity index (χ1n) is 17.4. The molecule has 316 valence electrons. The monoisotopic (exact) mass is 820 g/mol. The van der Waals surface area contributed by atoms with E-state index in [0.29, 0.717) is 11.1 Å². The first kappa shape index (κ1) is 44.9. The average Bonchev–Trinajstić information content (AvgIpc) is 3.43. The Bertz CT molecular complexity index is 1860. The molecule has 4 rings (SSSR count). The number of ether oxygens (including phenoxy) is 10. The molecule has 20 nitrogen and oxygen atoms in total. The third-order valence-electron chi connectivity index (χ3n) is 8.53. The number of phenolic OH excluding ortho intramolecular Hbond substituents is 2. The number of phenols is 2. The predicted molar refractivity (Wildman–Crippen MR) is 192 cm³/mol. The molecular formula is C38H44O20. The third kappa shape index (κ3) is 11.6. The summed E-state index contributed by atoms with van der Waals surface area (Å²) in [5.74, 6) is -7.42. The molecule has 5 unspecified atom stereocenters.